The number of rotatable bonds is 7. The predicted molar refractivity (Wildman–Crippen MR) is 76.6 cm³/mol. The first kappa shape index (κ1) is 14.2. The SMILES string of the molecule is CCCNc1ncnc(NCc2noc(C)n2)c1CC. The van der Waals surface area contributed by atoms with Gasteiger partial charge in [-0.3, -0.25) is 0 Å². The number of aryl methyl sites for hydroxylation is 1. The summed E-state index contributed by atoms with van der Waals surface area (Å²) in [7, 11) is 0. The molecule has 0 saturated carbocycles. The van der Waals surface area contributed by atoms with Crippen LogP contribution in [0.5, 0.6) is 0 Å². The summed E-state index contributed by atoms with van der Waals surface area (Å²) in [6, 6.07) is 0. The van der Waals surface area contributed by atoms with E-state index in [1.165, 1.54) is 0 Å². The predicted octanol–water partition coefficient (Wildman–Crippen LogP) is 2.16. The lowest BCUT2D eigenvalue weighted by Crippen LogP contribution is -2.11. The number of hydrogen-bond donors (Lipinski definition) is 2. The Kier molecular flexibility index (Phi) is 4.86. The monoisotopic (exact) mass is 276 g/mol. The minimum Gasteiger partial charge on any atom is -0.370 e. The Bertz CT molecular complexity index is 554. The number of nitrogens with one attached hydrogen (secondary N) is 2. The maximum Gasteiger partial charge on any atom is 0.223 e. The highest BCUT2D eigenvalue weighted by molar-refractivity contribution is 5.57. The molecule has 0 aliphatic rings. The molecule has 0 saturated heterocycles. The first-order valence-electron chi connectivity index (χ1n) is 6.85. The van der Waals surface area contributed by atoms with E-state index in [0.717, 1.165) is 36.6 Å². The van der Waals surface area contributed by atoms with Gasteiger partial charge in [-0.25, -0.2) is 9.97 Å². The van der Waals surface area contributed by atoms with Crippen LogP contribution in [0, 0.1) is 6.92 Å². The zero-order valence-corrected chi connectivity index (χ0v) is 12.1. The highest BCUT2D eigenvalue weighted by Crippen LogP contribution is 2.20. The first-order valence-corrected chi connectivity index (χ1v) is 6.85. The van der Waals surface area contributed by atoms with E-state index in [-0.39, 0.29) is 0 Å². The van der Waals surface area contributed by atoms with E-state index in [2.05, 4.69) is 44.6 Å². The lowest BCUT2D eigenvalue weighted by Gasteiger charge is -2.13. The highest BCUT2D eigenvalue weighted by atomic mass is 16.5. The fourth-order valence-electron chi connectivity index (χ4n) is 1.87. The normalized spacial score (nSPS) is 10.6. The molecule has 108 valence electrons. The van der Waals surface area contributed by atoms with Crippen LogP contribution in [0.1, 0.15) is 37.5 Å². The molecular weight excluding hydrogens is 256 g/mol. The molecule has 0 spiro atoms. The third-order valence-electron chi connectivity index (χ3n) is 2.82. The number of aromatic nitrogens is 4. The molecule has 2 N–H and O–H groups in total. The van der Waals surface area contributed by atoms with Crippen molar-refractivity contribution >= 4 is 11.6 Å². The van der Waals surface area contributed by atoms with Gasteiger partial charge in [-0.15, -0.1) is 0 Å². The van der Waals surface area contributed by atoms with Crippen LogP contribution in [0.25, 0.3) is 0 Å². The van der Waals surface area contributed by atoms with Gasteiger partial charge in [0.15, 0.2) is 5.82 Å². The Balaban J connectivity index is 2.10. The Morgan fingerprint density at radius 3 is 2.50 bits per heavy atom. The molecule has 0 fully saturated rings. The standard InChI is InChI=1S/C13H20N6O/c1-4-6-14-12-10(5-2)13(17-8-16-12)15-7-11-18-9(3)20-19-11/h8H,4-7H2,1-3H3,(H2,14,15,16,17). The van der Waals surface area contributed by atoms with E-state index >= 15 is 0 Å². The average Bonchev–Trinajstić information content (AvgIpc) is 2.88. The fraction of sp³-hybridized carbons (Fsp3) is 0.538. The smallest absolute Gasteiger partial charge is 0.223 e. The summed E-state index contributed by atoms with van der Waals surface area (Å²) in [5.41, 5.74) is 1.07. The minimum absolute atomic E-state index is 0.481. The van der Waals surface area contributed by atoms with Crippen molar-refractivity contribution < 1.29 is 4.52 Å². The van der Waals surface area contributed by atoms with Gasteiger partial charge in [0, 0.05) is 19.0 Å². The molecule has 7 heteroatoms. The third-order valence-corrected chi connectivity index (χ3v) is 2.82. The second kappa shape index (κ2) is 6.83. The van der Waals surface area contributed by atoms with Gasteiger partial charge in [-0.05, 0) is 12.8 Å². The van der Waals surface area contributed by atoms with Crippen LogP contribution in [0.15, 0.2) is 10.9 Å². The highest BCUT2D eigenvalue weighted by Gasteiger charge is 2.10. The largest absolute Gasteiger partial charge is 0.370 e. The number of nitrogens with zero attached hydrogens (tertiary/aromatic N) is 4. The second-order valence-electron chi connectivity index (χ2n) is 4.41. The molecule has 0 aliphatic carbocycles. The number of anilines is 2. The van der Waals surface area contributed by atoms with Crippen molar-refractivity contribution in [3.63, 3.8) is 0 Å². The molecule has 0 unspecified atom stereocenters. The molecule has 0 radical (unpaired) electrons. The zero-order chi connectivity index (χ0) is 14.4. The Hall–Kier alpha value is -2.18. The van der Waals surface area contributed by atoms with Crippen LogP contribution in [0.2, 0.25) is 0 Å². The van der Waals surface area contributed by atoms with Crippen molar-refractivity contribution in [1.29, 1.82) is 0 Å². The summed E-state index contributed by atoms with van der Waals surface area (Å²) in [5.74, 6) is 2.87. The molecule has 2 aromatic heterocycles. The molecule has 0 atom stereocenters. The van der Waals surface area contributed by atoms with Crippen LogP contribution in [0.4, 0.5) is 11.6 Å². The maximum atomic E-state index is 4.94. The van der Waals surface area contributed by atoms with Crippen LogP contribution >= 0.6 is 0 Å². The lowest BCUT2D eigenvalue weighted by molar-refractivity contribution is 0.388. The fourth-order valence-corrected chi connectivity index (χ4v) is 1.87. The third kappa shape index (κ3) is 3.43. The van der Waals surface area contributed by atoms with Gasteiger partial charge in [0.05, 0.1) is 6.54 Å². The zero-order valence-electron chi connectivity index (χ0n) is 12.1. The van der Waals surface area contributed by atoms with Gasteiger partial charge in [0.1, 0.15) is 18.0 Å². The number of hydrogen-bond acceptors (Lipinski definition) is 7. The van der Waals surface area contributed by atoms with Gasteiger partial charge >= 0.3 is 0 Å². The van der Waals surface area contributed by atoms with Gasteiger partial charge in [-0.2, -0.15) is 4.98 Å². The summed E-state index contributed by atoms with van der Waals surface area (Å²) in [6.07, 6.45) is 3.46. The van der Waals surface area contributed by atoms with Crippen molar-refractivity contribution in [3.8, 4) is 0 Å². The van der Waals surface area contributed by atoms with E-state index in [9.17, 15) is 0 Å². The van der Waals surface area contributed by atoms with Crippen molar-refractivity contribution in [1.82, 2.24) is 20.1 Å². The molecule has 20 heavy (non-hydrogen) atoms. The van der Waals surface area contributed by atoms with Crippen LogP contribution < -0.4 is 10.6 Å². The topological polar surface area (TPSA) is 88.8 Å². The Morgan fingerprint density at radius 1 is 1.15 bits per heavy atom. The molecule has 0 amide bonds. The van der Waals surface area contributed by atoms with Gasteiger partial charge in [-0.1, -0.05) is 19.0 Å². The maximum absolute atomic E-state index is 4.94. The van der Waals surface area contributed by atoms with Crippen molar-refractivity contribution in [2.45, 2.75) is 40.2 Å². The van der Waals surface area contributed by atoms with E-state index in [1.807, 2.05) is 0 Å². The second-order valence-corrected chi connectivity index (χ2v) is 4.41. The molecule has 0 aliphatic heterocycles. The summed E-state index contributed by atoms with van der Waals surface area (Å²) in [6.45, 7) is 7.35. The van der Waals surface area contributed by atoms with E-state index in [1.54, 1.807) is 13.3 Å². The molecule has 0 bridgehead atoms. The van der Waals surface area contributed by atoms with Crippen molar-refractivity contribution in [2.24, 2.45) is 0 Å². The van der Waals surface area contributed by atoms with Crippen LogP contribution in [0.3, 0.4) is 0 Å². The van der Waals surface area contributed by atoms with Gasteiger partial charge in [0.2, 0.25) is 5.89 Å². The van der Waals surface area contributed by atoms with Crippen LogP contribution in [-0.2, 0) is 13.0 Å². The van der Waals surface area contributed by atoms with Gasteiger partial charge < -0.3 is 15.2 Å². The summed E-state index contributed by atoms with van der Waals surface area (Å²) >= 11 is 0. The molecule has 2 aromatic rings. The molecule has 2 rings (SSSR count). The van der Waals surface area contributed by atoms with E-state index in [0.29, 0.717) is 18.3 Å². The minimum atomic E-state index is 0.481. The average molecular weight is 276 g/mol. The van der Waals surface area contributed by atoms with Crippen molar-refractivity contribution in [2.75, 3.05) is 17.2 Å². The first-order chi connectivity index (χ1) is 9.74. The summed E-state index contributed by atoms with van der Waals surface area (Å²) < 4.78 is 4.94. The lowest BCUT2D eigenvalue weighted by atomic mass is 10.2. The van der Waals surface area contributed by atoms with Crippen LogP contribution in [-0.4, -0.2) is 26.7 Å². The quantitative estimate of drug-likeness (QED) is 0.801. The molecule has 0 aromatic carbocycles. The molecular formula is C13H20N6O. The van der Waals surface area contributed by atoms with Gasteiger partial charge in [0.25, 0.3) is 0 Å². The van der Waals surface area contributed by atoms with E-state index < -0.39 is 0 Å². The molecule has 2 heterocycles. The van der Waals surface area contributed by atoms with E-state index in [4.69, 9.17) is 4.52 Å². The summed E-state index contributed by atoms with van der Waals surface area (Å²) in [5, 5.41) is 10.4. The Morgan fingerprint density at radius 2 is 1.90 bits per heavy atom. The Labute approximate surface area is 118 Å². The van der Waals surface area contributed by atoms with Crippen molar-refractivity contribution in [3.05, 3.63) is 23.6 Å². The summed E-state index contributed by atoms with van der Waals surface area (Å²) in [4.78, 5) is 12.7. The molecule has 7 nitrogen and oxygen atoms in total.